The zero-order chi connectivity index (χ0) is 11.5. The fraction of sp³-hybridized carbons (Fsp3) is 0.400. The Morgan fingerprint density at radius 1 is 1.47 bits per heavy atom. The van der Waals surface area contributed by atoms with Crippen molar-refractivity contribution in [1.82, 2.24) is 4.98 Å². The van der Waals surface area contributed by atoms with Crippen molar-refractivity contribution in [3.8, 4) is 11.6 Å². The molecule has 4 nitrogen and oxygen atoms in total. The van der Waals surface area contributed by atoms with Crippen molar-refractivity contribution >= 4 is 17.0 Å². The Kier molecular flexibility index (Phi) is 3.52. The molecule has 0 saturated carbocycles. The van der Waals surface area contributed by atoms with Gasteiger partial charge < -0.3 is 9.47 Å². The van der Waals surface area contributed by atoms with Gasteiger partial charge in [-0.1, -0.05) is 0 Å². The molecule has 0 bridgehead atoms. The second-order valence-corrected chi connectivity index (χ2v) is 4.17. The van der Waals surface area contributed by atoms with Gasteiger partial charge in [0.1, 0.15) is 5.60 Å². The van der Waals surface area contributed by atoms with E-state index < -0.39 is 11.0 Å². The van der Waals surface area contributed by atoms with E-state index in [0.717, 1.165) is 0 Å². The van der Waals surface area contributed by atoms with Gasteiger partial charge in [0.05, 0.1) is 0 Å². The highest BCUT2D eigenvalue weighted by molar-refractivity contribution is 6.61. The van der Waals surface area contributed by atoms with Crippen LogP contribution in [0.25, 0.3) is 0 Å². The fourth-order valence-electron chi connectivity index (χ4n) is 0.907. The molecular formula is C10H12ClNO3. The molecule has 1 rings (SSSR count). The maximum Gasteiger partial charge on any atom is 0.409 e. The van der Waals surface area contributed by atoms with Crippen molar-refractivity contribution in [1.29, 1.82) is 0 Å². The molecule has 0 radical (unpaired) electrons. The van der Waals surface area contributed by atoms with E-state index in [9.17, 15) is 4.79 Å². The minimum absolute atomic E-state index is 0.215. The SMILES string of the molecule is CC(C)(C)Oc1ncccc1OC(=O)Cl. The summed E-state index contributed by atoms with van der Waals surface area (Å²) in [4.78, 5) is 14.5. The van der Waals surface area contributed by atoms with Crippen molar-refractivity contribution in [3.05, 3.63) is 18.3 Å². The molecule has 0 N–H and O–H groups in total. The molecule has 82 valence electrons. The van der Waals surface area contributed by atoms with Crippen molar-refractivity contribution in [2.24, 2.45) is 0 Å². The Hall–Kier alpha value is -1.29. The Balaban J connectivity index is 2.91. The molecule has 0 aliphatic rings. The Labute approximate surface area is 93.2 Å². The first-order chi connectivity index (χ1) is 6.88. The third kappa shape index (κ3) is 4.16. The third-order valence-corrected chi connectivity index (χ3v) is 1.41. The van der Waals surface area contributed by atoms with E-state index >= 15 is 0 Å². The van der Waals surface area contributed by atoms with Gasteiger partial charge in [0.15, 0.2) is 5.75 Å². The molecule has 1 heterocycles. The van der Waals surface area contributed by atoms with Crippen LogP contribution in [0.3, 0.4) is 0 Å². The zero-order valence-electron chi connectivity index (χ0n) is 8.78. The van der Waals surface area contributed by atoms with E-state index in [-0.39, 0.29) is 11.6 Å². The first kappa shape index (κ1) is 11.8. The van der Waals surface area contributed by atoms with Crippen LogP contribution < -0.4 is 9.47 Å². The van der Waals surface area contributed by atoms with Crippen molar-refractivity contribution < 1.29 is 14.3 Å². The summed E-state index contributed by atoms with van der Waals surface area (Å²) in [5.41, 5.74) is -1.33. The van der Waals surface area contributed by atoms with Crippen molar-refractivity contribution in [3.63, 3.8) is 0 Å². The molecule has 0 aliphatic heterocycles. The quantitative estimate of drug-likeness (QED) is 0.732. The number of pyridine rings is 1. The molecule has 0 unspecified atom stereocenters. The molecule has 15 heavy (non-hydrogen) atoms. The van der Waals surface area contributed by atoms with Gasteiger partial charge >= 0.3 is 5.43 Å². The first-order valence-corrected chi connectivity index (χ1v) is 4.77. The van der Waals surface area contributed by atoms with Crippen molar-refractivity contribution in [2.45, 2.75) is 26.4 Å². The predicted molar refractivity (Wildman–Crippen MR) is 56.5 cm³/mol. The van der Waals surface area contributed by atoms with Crippen LogP contribution >= 0.6 is 11.6 Å². The second-order valence-electron chi connectivity index (χ2n) is 3.86. The van der Waals surface area contributed by atoms with E-state index in [1.807, 2.05) is 20.8 Å². The van der Waals surface area contributed by atoms with Gasteiger partial charge in [0.2, 0.25) is 0 Å². The summed E-state index contributed by atoms with van der Waals surface area (Å²) in [6.45, 7) is 5.61. The number of ether oxygens (including phenoxy) is 2. The molecule has 1 aromatic rings. The minimum Gasteiger partial charge on any atom is -0.469 e. The molecule has 1 aromatic heterocycles. The van der Waals surface area contributed by atoms with Crippen LogP contribution in [-0.2, 0) is 0 Å². The van der Waals surface area contributed by atoms with Crippen LogP contribution in [0.1, 0.15) is 20.8 Å². The van der Waals surface area contributed by atoms with E-state index in [4.69, 9.17) is 21.1 Å². The summed E-state index contributed by atoms with van der Waals surface area (Å²) < 4.78 is 10.2. The molecule has 0 spiro atoms. The maximum absolute atomic E-state index is 10.6. The van der Waals surface area contributed by atoms with Crippen LogP contribution in [0.15, 0.2) is 18.3 Å². The van der Waals surface area contributed by atoms with Crippen LogP contribution in [0, 0.1) is 0 Å². The van der Waals surface area contributed by atoms with Gasteiger partial charge in [0, 0.05) is 17.8 Å². The molecule has 0 saturated heterocycles. The molecule has 0 amide bonds. The standard InChI is InChI=1S/C10H12ClNO3/c1-10(2,3)15-8-7(14-9(11)13)5-4-6-12-8/h4-6H,1-3H3. The number of halogens is 1. The lowest BCUT2D eigenvalue weighted by Gasteiger charge is -2.21. The largest absolute Gasteiger partial charge is 0.469 e. The molecule has 5 heteroatoms. The molecule has 0 aromatic carbocycles. The molecule has 0 aliphatic carbocycles. The van der Waals surface area contributed by atoms with Crippen LogP contribution in [-0.4, -0.2) is 16.0 Å². The van der Waals surface area contributed by atoms with Crippen LogP contribution in [0.4, 0.5) is 4.79 Å². The number of aromatic nitrogens is 1. The number of carbonyl (C=O) groups excluding carboxylic acids is 1. The summed E-state index contributed by atoms with van der Waals surface area (Å²) in [6, 6.07) is 3.19. The van der Waals surface area contributed by atoms with Gasteiger partial charge in [-0.25, -0.2) is 9.78 Å². The van der Waals surface area contributed by atoms with E-state index in [1.54, 1.807) is 18.3 Å². The first-order valence-electron chi connectivity index (χ1n) is 4.40. The summed E-state index contributed by atoms with van der Waals surface area (Å²) in [5.74, 6) is 0.464. The van der Waals surface area contributed by atoms with Crippen LogP contribution in [0.2, 0.25) is 0 Å². The number of nitrogens with zero attached hydrogens (tertiary/aromatic N) is 1. The summed E-state index contributed by atoms with van der Waals surface area (Å²) >= 11 is 5.11. The fourth-order valence-corrected chi connectivity index (χ4v) is 0.990. The number of hydrogen-bond donors (Lipinski definition) is 0. The lowest BCUT2D eigenvalue weighted by atomic mass is 10.2. The molecular weight excluding hydrogens is 218 g/mol. The Morgan fingerprint density at radius 3 is 2.67 bits per heavy atom. The van der Waals surface area contributed by atoms with Gasteiger partial charge in [-0.05, 0) is 32.9 Å². The Morgan fingerprint density at radius 2 is 2.13 bits per heavy atom. The highest BCUT2D eigenvalue weighted by Crippen LogP contribution is 2.27. The lowest BCUT2D eigenvalue weighted by Crippen LogP contribution is -2.24. The third-order valence-electron chi connectivity index (χ3n) is 1.33. The van der Waals surface area contributed by atoms with Crippen LogP contribution in [0.5, 0.6) is 11.6 Å². The van der Waals surface area contributed by atoms with Gasteiger partial charge in [-0.15, -0.1) is 0 Å². The molecule has 0 fully saturated rings. The van der Waals surface area contributed by atoms with Crippen molar-refractivity contribution in [2.75, 3.05) is 0 Å². The summed E-state index contributed by atoms with van der Waals surface area (Å²) in [5, 5.41) is 0. The average Bonchev–Trinajstić information content (AvgIpc) is 2.05. The molecule has 0 atom stereocenters. The summed E-state index contributed by atoms with van der Waals surface area (Å²) in [6.07, 6.45) is 1.55. The monoisotopic (exact) mass is 229 g/mol. The van der Waals surface area contributed by atoms with E-state index in [0.29, 0.717) is 0 Å². The van der Waals surface area contributed by atoms with Gasteiger partial charge in [-0.2, -0.15) is 0 Å². The number of rotatable bonds is 2. The van der Waals surface area contributed by atoms with E-state index in [2.05, 4.69) is 4.98 Å². The van der Waals surface area contributed by atoms with Gasteiger partial charge in [0.25, 0.3) is 5.88 Å². The lowest BCUT2D eigenvalue weighted by molar-refractivity contribution is 0.119. The maximum atomic E-state index is 10.6. The number of carbonyl (C=O) groups is 1. The normalized spacial score (nSPS) is 10.9. The number of hydrogen-bond acceptors (Lipinski definition) is 4. The second kappa shape index (κ2) is 4.49. The zero-order valence-corrected chi connectivity index (χ0v) is 9.54. The Bertz CT molecular complexity index is 360. The minimum atomic E-state index is -0.915. The summed E-state index contributed by atoms with van der Waals surface area (Å²) in [7, 11) is 0. The van der Waals surface area contributed by atoms with E-state index in [1.165, 1.54) is 0 Å². The smallest absolute Gasteiger partial charge is 0.409 e. The highest BCUT2D eigenvalue weighted by Gasteiger charge is 2.17. The van der Waals surface area contributed by atoms with Gasteiger partial charge in [-0.3, -0.25) is 0 Å². The topological polar surface area (TPSA) is 48.4 Å². The predicted octanol–water partition coefficient (Wildman–Crippen LogP) is 3.00. The highest BCUT2D eigenvalue weighted by atomic mass is 35.5. The average molecular weight is 230 g/mol.